The van der Waals surface area contributed by atoms with Crippen LogP contribution in [0.4, 0.5) is 0 Å². The molecule has 0 atom stereocenters. The van der Waals surface area contributed by atoms with Gasteiger partial charge in [-0.15, -0.1) is 12.4 Å². The molecule has 7 heteroatoms. The molecule has 4 aromatic rings. The zero-order valence-electron chi connectivity index (χ0n) is 16.9. The Morgan fingerprint density at radius 2 is 1.81 bits per heavy atom. The molecule has 31 heavy (non-hydrogen) atoms. The lowest BCUT2D eigenvalue weighted by molar-refractivity contribution is 0.0431. The minimum atomic E-state index is -0.591. The van der Waals surface area contributed by atoms with Crippen LogP contribution in [0.25, 0.3) is 21.9 Å². The fraction of sp³-hybridized carbons (Fsp3) is 0.250. The third kappa shape index (κ3) is 4.50. The van der Waals surface area contributed by atoms with Crippen molar-refractivity contribution in [2.45, 2.75) is 25.6 Å². The summed E-state index contributed by atoms with van der Waals surface area (Å²) in [6.07, 6.45) is 2.01. The van der Waals surface area contributed by atoms with E-state index in [0.717, 1.165) is 42.3 Å². The predicted octanol–water partition coefficient (Wildman–Crippen LogP) is 4.89. The number of rotatable bonds is 5. The second-order valence-corrected chi connectivity index (χ2v) is 7.40. The SMILES string of the molecule is Cl.O=C(OCc1cccc2ccccc12)c1nc2c(OC3CCNCC3)cccc2o1. The number of aromatic nitrogens is 1. The molecule has 5 rings (SSSR count). The Morgan fingerprint density at radius 3 is 2.68 bits per heavy atom. The number of hydrogen-bond donors (Lipinski definition) is 1. The summed E-state index contributed by atoms with van der Waals surface area (Å²) in [4.78, 5) is 17.0. The van der Waals surface area contributed by atoms with Crippen LogP contribution in [0.1, 0.15) is 29.1 Å². The number of nitrogens with zero attached hydrogens (tertiary/aromatic N) is 1. The van der Waals surface area contributed by atoms with Gasteiger partial charge in [-0.2, -0.15) is 4.98 Å². The highest BCUT2D eigenvalue weighted by atomic mass is 35.5. The molecule has 0 unspecified atom stereocenters. The number of hydrogen-bond acceptors (Lipinski definition) is 6. The van der Waals surface area contributed by atoms with Gasteiger partial charge >= 0.3 is 11.9 Å². The lowest BCUT2D eigenvalue weighted by Gasteiger charge is -2.23. The van der Waals surface area contributed by atoms with Gasteiger partial charge in [-0.3, -0.25) is 0 Å². The molecule has 1 aromatic heterocycles. The van der Waals surface area contributed by atoms with Gasteiger partial charge < -0.3 is 19.2 Å². The van der Waals surface area contributed by atoms with Crippen LogP contribution in [-0.4, -0.2) is 30.1 Å². The summed E-state index contributed by atoms with van der Waals surface area (Å²) in [7, 11) is 0. The number of carbonyl (C=O) groups excluding carboxylic acids is 1. The van der Waals surface area contributed by atoms with E-state index < -0.39 is 5.97 Å². The van der Waals surface area contributed by atoms with Crippen molar-refractivity contribution in [2.75, 3.05) is 13.1 Å². The summed E-state index contributed by atoms with van der Waals surface area (Å²) in [6.45, 7) is 2.02. The van der Waals surface area contributed by atoms with E-state index in [1.807, 2.05) is 54.6 Å². The van der Waals surface area contributed by atoms with Crippen LogP contribution < -0.4 is 10.1 Å². The Labute approximate surface area is 186 Å². The highest BCUT2D eigenvalue weighted by Crippen LogP contribution is 2.28. The van der Waals surface area contributed by atoms with Gasteiger partial charge in [-0.05, 0) is 54.4 Å². The molecule has 0 spiro atoms. The third-order valence-corrected chi connectivity index (χ3v) is 5.38. The van der Waals surface area contributed by atoms with E-state index in [-0.39, 0.29) is 31.0 Å². The Hall–Kier alpha value is -3.09. The zero-order valence-corrected chi connectivity index (χ0v) is 17.7. The number of fused-ring (bicyclic) bond motifs is 2. The molecule has 1 N–H and O–H groups in total. The molecule has 160 valence electrons. The molecular weight excluding hydrogens is 416 g/mol. The van der Waals surface area contributed by atoms with Crippen LogP contribution in [0.3, 0.4) is 0 Å². The van der Waals surface area contributed by atoms with Gasteiger partial charge in [0.1, 0.15) is 18.5 Å². The van der Waals surface area contributed by atoms with Gasteiger partial charge in [0.2, 0.25) is 0 Å². The summed E-state index contributed by atoms with van der Waals surface area (Å²) in [5.41, 5.74) is 2.00. The number of piperidine rings is 1. The standard InChI is InChI=1S/C24H22N2O4.ClH/c27-24(28-15-17-7-3-6-16-5-1-2-8-19(16)17)23-26-22-20(9-4-10-21(22)30-23)29-18-11-13-25-14-12-18;/h1-10,18,25H,11-15H2;1H. The van der Waals surface area contributed by atoms with Crippen LogP contribution in [0.2, 0.25) is 0 Å². The van der Waals surface area contributed by atoms with Crippen LogP contribution in [-0.2, 0) is 11.3 Å². The lowest BCUT2D eigenvalue weighted by atomic mass is 10.1. The van der Waals surface area contributed by atoms with Crippen LogP contribution >= 0.6 is 12.4 Å². The van der Waals surface area contributed by atoms with Crippen LogP contribution in [0.15, 0.2) is 65.1 Å². The number of nitrogens with one attached hydrogen (secondary N) is 1. The van der Waals surface area contributed by atoms with E-state index in [0.29, 0.717) is 16.8 Å². The van der Waals surface area contributed by atoms with Crippen molar-refractivity contribution in [3.05, 3.63) is 72.1 Å². The summed E-state index contributed by atoms with van der Waals surface area (Å²) in [6, 6.07) is 19.4. The molecule has 3 aromatic carbocycles. The van der Waals surface area contributed by atoms with Crippen molar-refractivity contribution >= 4 is 40.2 Å². The Morgan fingerprint density at radius 1 is 1.03 bits per heavy atom. The summed E-state index contributed by atoms with van der Waals surface area (Å²) >= 11 is 0. The second kappa shape index (κ2) is 9.37. The summed E-state index contributed by atoms with van der Waals surface area (Å²) in [5, 5.41) is 5.48. The van der Waals surface area contributed by atoms with Crippen molar-refractivity contribution in [1.29, 1.82) is 0 Å². The van der Waals surface area contributed by atoms with Gasteiger partial charge in [-0.25, -0.2) is 4.79 Å². The minimum absolute atomic E-state index is 0. The normalized spacial score (nSPS) is 14.3. The summed E-state index contributed by atoms with van der Waals surface area (Å²) in [5.74, 6) is -0.0187. The Balaban J connectivity index is 0.00000231. The monoisotopic (exact) mass is 438 g/mol. The highest BCUT2D eigenvalue weighted by Gasteiger charge is 2.21. The fourth-order valence-electron chi connectivity index (χ4n) is 3.82. The fourth-order valence-corrected chi connectivity index (χ4v) is 3.82. The minimum Gasteiger partial charge on any atom is -0.488 e. The number of esters is 1. The highest BCUT2D eigenvalue weighted by molar-refractivity contribution is 5.90. The maximum absolute atomic E-state index is 12.6. The van der Waals surface area contributed by atoms with E-state index in [2.05, 4.69) is 10.3 Å². The Kier molecular flexibility index (Phi) is 6.39. The average Bonchev–Trinajstić information content (AvgIpc) is 3.24. The molecule has 1 fully saturated rings. The predicted molar refractivity (Wildman–Crippen MR) is 121 cm³/mol. The molecule has 0 bridgehead atoms. The van der Waals surface area contributed by atoms with Gasteiger partial charge in [-0.1, -0.05) is 48.5 Å². The third-order valence-electron chi connectivity index (χ3n) is 5.38. The quantitative estimate of drug-likeness (QED) is 0.447. The second-order valence-electron chi connectivity index (χ2n) is 7.40. The van der Waals surface area contributed by atoms with E-state index in [4.69, 9.17) is 13.9 Å². The molecule has 0 amide bonds. The van der Waals surface area contributed by atoms with Crippen molar-refractivity contribution in [2.24, 2.45) is 0 Å². The van der Waals surface area contributed by atoms with Crippen molar-refractivity contribution in [3.8, 4) is 5.75 Å². The largest absolute Gasteiger partial charge is 0.488 e. The van der Waals surface area contributed by atoms with Gasteiger partial charge in [0.05, 0.1) is 0 Å². The molecule has 2 heterocycles. The molecule has 0 aliphatic carbocycles. The van der Waals surface area contributed by atoms with Gasteiger partial charge in [0.15, 0.2) is 11.1 Å². The molecule has 6 nitrogen and oxygen atoms in total. The molecule has 1 saturated heterocycles. The smallest absolute Gasteiger partial charge is 0.395 e. The number of ether oxygens (including phenoxy) is 2. The van der Waals surface area contributed by atoms with E-state index >= 15 is 0 Å². The number of benzene rings is 3. The molecule has 0 radical (unpaired) electrons. The van der Waals surface area contributed by atoms with Crippen molar-refractivity contribution in [1.82, 2.24) is 10.3 Å². The van der Waals surface area contributed by atoms with Crippen LogP contribution in [0.5, 0.6) is 5.75 Å². The van der Waals surface area contributed by atoms with Crippen molar-refractivity contribution in [3.63, 3.8) is 0 Å². The first-order valence-corrected chi connectivity index (χ1v) is 10.2. The molecule has 1 aliphatic rings. The summed E-state index contributed by atoms with van der Waals surface area (Å²) < 4.78 is 17.3. The maximum atomic E-state index is 12.6. The lowest BCUT2D eigenvalue weighted by Crippen LogP contribution is -2.34. The van der Waals surface area contributed by atoms with E-state index in [1.54, 1.807) is 6.07 Å². The van der Waals surface area contributed by atoms with E-state index in [9.17, 15) is 4.79 Å². The molecule has 1 aliphatic heterocycles. The molecule has 0 saturated carbocycles. The first-order valence-electron chi connectivity index (χ1n) is 10.2. The molecular formula is C24H23ClN2O4. The first-order chi connectivity index (χ1) is 14.8. The number of halogens is 1. The Bertz CT molecular complexity index is 1200. The number of oxazole rings is 1. The van der Waals surface area contributed by atoms with Crippen LogP contribution in [0, 0.1) is 0 Å². The van der Waals surface area contributed by atoms with Crippen molar-refractivity contribution < 1.29 is 18.7 Å². The number of para-hydroxylation sites is 1. The number of carbonyl (C=O) groups is 1. The first kappa shape index (κ1) is 21.2. The van der Waals surface area contributed by atoms with Gasteiger partial charge in [0.25, 0.3) is 0 Å². The maximum Gasteiger partial charge on any atom is 0.395 e. The van der Waals surface area contributed by atoms with E-state index in [1.165, 1.54) is 0 Å². The topological polar surface area (TPSA) is 73.6 Å². The zero-order chi connectivity index (χ0) is 20.3. The van der Waals surface area contributed by atoms with Gasteiger partial charge in [0, 0.05) is 0 Å². The average molecular weight is 439 g/mol.